The van der Waals surface area contributed by atoms with Gasteiger partial charge in [-0.1, -0.05) is 17.4 Å². The van der Waals surface area contributed by atoms with Crippen LogP contribution in [0.4, 0.5) is 10.8 Å². The molecule has 0 saturated carbocycles. The molecule has 1 unspecified atom stereocenters. The van der Waals surface area contributed by atoms with Crippen molar-refractivity contribution < 1.29 is 9.59 Å². The molecule has 0 aliphatic carbocycles. The Bertz CT molecular complexity index is 714. The van der Waals surface area contributed by atoms with Crippen LogP contribution in [0, 0.1) is 19.8 Å². The number of aryl methyl sites for hydroxylation is 2. The lowest BCUT2D eigenvalue weighted by molar-refractivity contribution is -0.122. The van der Waals surface area contributed by atoms with E-state index in [0.717, 1.165) is 11.3 Å². The molecule has 1 aromatic heterocycles. The fraction of sp³-hybridized carbons (Fsp3) is 0.333. The minimum absolute atomic E-state index is 0.0272. The smallest absolute Gasteiger partial charge is 0.231 e. The molecule has 1 N–H and O–H groups in total. The van der Waals surface area contributed by atoms with E-state index in [4.69, 9.17) is 0 Å². The molecular formula is C15H16N4O2S. The summed E-state index contributed by atoms with van der Waals surface area (Å²) in [5.41, 5.74) is 4.71. The van der Waals surface area contributed by atoms with Gasteiger partial charge in [-0.25, -0.2) is 0 Å². The lowest BCUT2D eigenvalue weighted by Crippen LogP contribution is -2.28. The minimum Gasteiger partial charge on any atom is -0.312 e. The molecule has 0 spiro atoms. The predicted octanol–water partition coefficient (Wildman–Crippen LogP) is 2.15. The second-order valence-corrected chi connectivity index (χ2v) is 6.24. The Morgan fingerprint density at radius 2 is 2.18 bits per heavy atom. The van der Waals surface area contributed by atoms with Crippen molar-refractivity contribution in [3.63, 3.8) is 0 Å². The molecular weight excluding hydrogens is 300 g/mol. The topological polar surface area (TPSA) is 75.2 Å². The fourth-order valence-electron chi connectivity index (χ4n) is 2.46. The Morgan fingerprint density at radius 3 is 2.86 bits per heavy atom. The molecule has 0 bridgehead atoms. The number of nitrogens with zero attached hydrogens (tertiary/aromatic N) is 3. The minimum atomic E-state index is -0.363. The Morgan fingerprint density at radius 1 is 1.36 bits per heavy atom. The number of aromatic nitrogens is 2. The fourth-order valence-corrected chi connectivity index (χ4v) is 2.91. The number of carbonyl (C=O) groups is 2. The summed E-state index contributed by atoms with van der Waals surface area (Å²) in [4.78, 5) is 26.1. The van der Waals surface area contributed by atoms with E-state index in [-0.39, 0.29) is 24.2 Å². The second kappa shape index (κ2) is 5.84. The molecule has 1 aromatic carbocycles. The third-order valence-electron chi connectivity index (χ3n) is 3.89. The van der Waals surface area contributed by atoms with Crippen molar-refractivity contribution in [1.82, 2.24) is 10.2 Å². The molecule has 1 aliphatic heterocycles. The van der Waals surface area contributed by atoms with E-state index in [9.17, 15) is 9.59 Å². The van der Waals surface area contributed by atoms with Gasteiger partial charge in [-0.2, -0.15) is 0 Å². The molecule has 1 atom stereocenters. The van der Waals surface area contributed by atoms with E-state index in [1.807, 2.05) is 32.0 Å². The monoisotopic (exact) mass is 316 g/mol. The largest absolute Gasteiger partial charge is 0.312 e. The van der Waals surface area contributed by atoms with Gasteiger partial charge in [0.25, 0.3) is 0 Å². The van der Waals surface area contributed by atoms with Gasteiger partial charge in [0.1, 0.15) is 5.51 Å². The molecule has 2 amide bonds. The van der Waals surface area contributed by atoms with Crippen LogP contribution < -0.4 is 10.2 Å². The average Bonchev–Trinajstić information content (AvgIpc) is 3.11. The maximum Gasteiger partial charge on any atom is 0.231 e. The molecule has 1 fully saturated rings. The highest BCUT2D eigenvalue weighted by atomic mass is 32.1. The third-order valence-corrected chi connectivity index (χ3v) is 4.49. The molecule has 3 rings (SSSR count). The standard InChI is InChI=1S/C15H16N4O2S/c1-9-3-4-12(5-10(9)2)19-7-11(6-13(19)20)14(21)17-15-18-16-8-22-15/h3-5,8,11H,6-7H2,1-2H3,(H,17,18,21). The van der Waals surface area contributed by atoms with Gasteiger partial charge in [0.15, 0.2) is 0 Å². The van der Waals surface area contributed by atoms with Gasteiger partial charge in [-0.05, 0) is 37.1 Å². The highest BCUT2D eigenvalue weighted by molar-refractivity contribution is 7.13. The van der Waals surface area contributed by atoms with Crippen molar-refractivity contribution in [2.75, 3.05) is 16.8 Å². The van der Waals surface area contributed by atoms with Crippen LogP contribution in [0.5, 0.6) is 0 Å². The van der Waals surface area contributed by atoms with Gasteiger partial charge < -0.3 is 10.2 Å². The summed E-state index contributed by atoms with van der Waals surface area (Å²) in [6.45, 7) is 4.44. The van der Waals surface area contributed by atoms with Gasteiger partial charge in [0, 0.05) is 18.7 Å². The third kappa shape index (κ3) is 2.85. The first-order valence-corrected chi connectivity index (χ1v) is 7.87. The van der Waals surface area contributed by atoms with E-state index in [1.54, 1.807) is 10.4 Å². The molecule has 1 aliphatic rings. The second-order valence-electron chi connectivity index (χ2n) is 5.41. The van der Waals surface area contributed by atoms with E-state index >= 15 is 0 Å². The lowest BCUT2D eigenvalue weighted by Gasteiger charge is -2.17. The Kier molecular flexibility index (Phi) is 3.89. The Hall–Kier alpha value is -2.28. The van der Waals surface area contributed by atoms with E-state index in [2.05, 4.69) is 15.5 Å². The van der Waals surface area contributed by atoms with Crippen LogP contribution in [0.15, 0.2) is 23.7 Å². The summed E-state index contributed by atoms with van der Waals surface area (Å²) in [6.07, 6.45) is 0.220. The normalized spacial score (nSPS) is 17.8. The summed E-state index contributed by atoms with van der Waals surface area (Å²) < 4.78 is 0. The number of benzene rings is 1. The van der Waals surface area contributed by atoms with Crippen LogP contribution in [-0.4, -0.2) is 28.6 Å². The van der Waals surface area contributed by atoms with Crippen LogP contribution >= 0.6 is 11.3 Å². The van der Waals surface area contributed by atoms with Crippen LogP contribution in [-0.2, 0) is 9.59 Å². The molecule has 1 saturated heterocycles. The van der Waals surface area contributed by atoms with E-state index in [1.165, 1.54) is 16.9 Å². The summed E-state index contributed by atoms with van der Waals surface area (Å²) in [7, 11) is 0. The predicted molar refractivity (Wildman–Crippen MR) is 84.9 cm³/mol. The highest BCUT2D eigenvalue weighted by Crippen LogP contribution is 2.27. The van der Waals surface area contributed by atoms with Crippen molar-refractivity contribution in [3.05, 3.63) is 34.8 Å². The van der Waals surface area contributed by atoms with Crippen molar-refractivity contribution in [1.29, 1.82) is 0 Å². The van der Waals surface area contributed by atoms with E-state index < -0.39 is 0 Å². The van der Waals surface area contributed by atoms with E-state index in [0.29, 0.717) is 11.7 Å². The molecule has 22 heavy (non-hydrogen) atoms. The summed E-state index contributed by atoms with van der Waals surface area (Å²) >= 11 is 1.26. The van der Waals surface area contributed by atoms with Crippen LogP contribution in [0.2, 0.25) is 0 Å². The molecule has 6 nitrogen and oxygen atoms in total. The van der Waals surface area contributed by atoms with Gasteiger partial charge in [0.05, 0.1) is 5.92 Å². The average molecular weight is 316 g/mol. The molecule has 114 valence electrons. The SMILES string of the molecule is Cc1ccc(N2CC(C(=O)Nc3nncs3)CC2=O)cc1C. The van der Waals surface area contributed by atoms with Crippen molar-refractivity contribution >= 4 is 34.0 Å². The Balaban J connectivity index is 1.72. The van der Waals surface area contributed by atoms with Crippen LogP contribution in [0.25, 0.3) is 0 Å². The highest BCUT2D eigenvalue weighted by Gasteiger charge is 2.35. The molecule has 2 heterocycles. The summed E-state index contributed by atoms with van der Waals surface area (Å²) in [6, 6.07) is 5.90. The number of nitrogens with one attached hydrogen (secondary N) is 1. The lowest BCUT2D eigenvalue weighted by atomic mass is 10.1. The van der Waals surface area contributed by atoms with Gasteiger partial charge in [-0.3, -0.25) is 9.59 Å². The van der Waals surface area contributed by atoms with Crippen molar-refractivity contribution in [2.24, 2.45) is 5.92 Å². The maximum atomic E-state index is 12.2. The number of amides is 2. The summed E-state index contributed by atoms with van der Waals surface area (Å²) in [5.74, 6) is -0.574. The number of hydrogen-bond acceptors (Lipinski definition) is 5. The number of rotatable bonds is 3. The number of hydrogen-bond donors (Lipinski definition) is 1. The van der Waals surface area contributed by atoms with Crippen molar-refractivity contribution in [2.45, 2.75) is 20.3 Å². The molecule has 0 radical (unpaired) electrons. The van der Waals surface area contributed by atoms with Crippen molar-refractivity contribution in [3.8, 4) is 0 Å². The zero-order valence-electron chi connectivity index (χ0n) is 12.4. The molecule has 7 heteroatoms. The first kappa shape index (κ1) is 14.6. The van der Waals surface area contributed by atoms with Crippen LogP contribution in [0.3, 0.4) is 0 Å². The maximum absolute atomic E-state index is 12.2. The zero-order valence-corrected chi connectivity index (χ0v) is 13.2. The first-order chi connectivity index (χ1) is 10.5. The first-order valence-electron chi connectivity index (χ1n) is 6.99. The Labute approximate surface area is 132 Å². The quantitative estimate of drug-likeness (QED) is 0.941. The number of anilines is 2. The zero-order chi connectivity index (χ0) is 15.7. The number of carbonyl (C=O) groups excluding carboxylic acids is 2. The van der Waals surface area contributed by atoms with Gasteiger partial charge in [-0.15, -0.1) is 10.2 Å². The van der Waals surface area contributed by atoms with Gasteiger partial charge in [0.2, 0.25) is 16.9 Å². The van der Waals surface area contributed by atoms with Gasteiger partial charge >= 0.3 is 0 Å². The summed E-state index contributed by atoms with van der Waals surface area (Å²) in [5, 5.41) is 10.6. The van der Waals surface area contributed by atoms with Crippen LogP contribution in [0.1, 0.15) is 17.5 Å². The molecule has 2 aromatic rings.